The molecule has 0 aliphatic carbocycles. The highest BCUT2D eigenvalue weighted by atomic mass is 19.1. The quantitative estimate of drug-likeness (QED) is 0.555. The Hall–Kier alpha value is -3.88. The summed E-state index contributed by atoms with van der Waals surface area (Å²) >= 11 is 0. The molecule has 2 heterocycles. The Balaban J connectivity index is 1.41. The molecule has 4 aromatic rings. The van der Waals surface area contributed by atoms with Gasteiger partial charge in [-0.1, -0.05) is 12.1 Å². The van der Waals surface area contributed by atoms with Gasteiger partial charge in [0.05, 0.1) is 6.04 Å². The lowest BCUT2D eigenvalue weighted by Crippen LogP contribution is -2.12. The van der Waals surface area contributed by atoms with Crippen LogP contribution < -0.4 is 10.6 Å². The van der Waals surface area contributed by atoms with Crippen molar-refractivity contribution >= 4 is 23.1 Å². The van der Waals surface area contributed by atoms with Gasteiger partial charge in [0, 0.05) is 11.3 Å². The Morgan fingerprint density at radius 3 is 2.54 bits per heavy atom. The number of anilines is 2. The fourth-order valence-corrected chi connectivity index (χ4v) is 2.69. The molecule has 0 saturated heterocycles. The van der Waals surface area contributed by atoms with E-state index in [1.54, 1.807) is 12.1 Å². The van der Waals surface area contributed by atoms with Crippen LogP contribution in [0.25, 0.3) is 5.65 Å². The van der Waals surface area contributed by atoms with Crippen LogP contribution in [-0.2, 0) is 0 Å². The van der Waals surface area contributed by atoms with Crippen LogP contribution in [0.4, 0.5) is 15.9 Å². The fraction of sp³-hybridized carbons (Fsp3) is 0.105. The number of hydrogen-bond acceptors (Lipinski definition) is 6. The number of rotatable bonds is 5. The Morgan fingerprint density at radius 2 is 1.79 bits per heavy atom. The molecule has 140 valence electrons. The molecule has 0 saturated carbocycles. The van der Waals surface area contributed by atoms with Crippen LogP contribution in [0.1, 0.15) is 28.9 Å². The Morgan fingerprint density at radius 1 is 1.04 bits per heavy atom. The number of hydrogen-bond donors (Lipinski definition) is 2. The van der Waals surface area contributed by atoms with Crippen molar-refractivity contribution in [3.05, 3.63) is 77.6 Å². The highest BCUT2D eigenvalue weighted by Gasteiger charge is 2.10. The van der Waals surface area contributed by atoms with Crippen LogP contribution in [0.3, 0.4) is 0 Å². The number of tetrazole rings is 1. The number of carbonyl (C=O) groups excluding carboxylic acids is 1. The number of aromatic nitrogens is 5. The molecule has 0 bridgehead atoms. The first-order chi connectivity index (χ1) is 13.6. The molecule has 1 unspecified atom stereocenters. The van der Waals surface area contributed by atoms with Crippen molar-refractivity contribution in [2.45, 2.75) is 13.0 Å². The summed E-state index contributed by atoms with van der Waals surface area (Å²) in [6.45, 7) is 2.00. The van der Waals surface area contributed by atoms with Gasteiger partial charge in [0.1, 0.15) is 11.6 Å². The normalized spacial score (nSPS) is 11.9. The number of benzene rings is 2. The van der Waals surface area contributed by atoms with Crippen molar-refractivity contribution in [1.82, 2.24) is 25.3 Å². The van der Waals surface area contributed by atoms with E-state index in [9.17, 15) is 9.18 Å². The third kappa shape index (κ3) is 3.78. The minimum Gasteiger partial charge on any atom is -0.362 e. The van der Waals surface area contributed by atoms with Crippen LogP contribution in [0.15, 0.2) is 60.7 Å². The van der Waals surface area contributed by atoms with Crippen LogP contribution in [0.5, 0.6) is 0 Å². The third-order valence-corrected chi connectivity index (χ3v) is 4.21. The van der Waals surface area contributed by atoms with Gasteiger partial charge >= 0.3 is 0 Å². The first kappa shape index (κ1) is 17.5. The first-order valence-corrected chi connectivity index (χ1v) is 8.57. The summed E-state index contributed by atoms with van der Waals surface area (Å²) in [6, 6.07) is 16.4. The van der Waals surface area contributed by atoms with Gasteiger partial charge in [-0.2, -0.15) is 0 Å². The molecule has 28 heavy (non-hydrogen) atoms. The van der Waals surface area contributed by atoms with Crippen molar-refractivity contribution < 1.29 is 9.18 Å². The largest absolute Gasteiger partial charge is 0.362 e. The molecule has 0 spiro atoms. The van der Waals surface area contributed by atoms with Crippen LogP contribution in [0, 0.1) is 5.82 Å². The number of amides is 1. The number of nitrogens with zero attached hydrogens (tertiary/aromatic N) is 5. The van der Waals surface area contributed by atoms with Crippen molar-refractivity contribution in [1.29, 1.82) is 0 Å². The number of fused-ring (bicyclic) bond motifs is 1. The van der Waals surface area contributed by atoms with Crippen LogP contribution in [0.2, 0.25) is 0 Å². The van der Waals surface area contributed by atoms with Gasteiger partial charge < -0.3 is 10.6 Å². The molecular formula is C19H16FN7O. The number of carbonyl (C=O) groups is 1. The molecule has 2 aromatic heterocycles. The molecule has 8 nitrogen and oxygen atoms in total. The standard InChI is InChI=1S/C19H16FN7O/c1-12(21-17-10-11-18-23-25-26-27(18)24-17)13-4-8-16(9-5-13)22-19(28)14-2-6-15(20)7-3-14/h2-12H,1H3,(H,21,24)(H,22,28). The average molecular weight is 377 g/mol. The van der Waals surface area contributed by atoms with E-state index in [0.29, 0.717) is 22.7 Å². The minimum atomic E-state index is -0.379. The summed E-state index contributed by atoms with van der Waals surface area (Å²) in [5, 5.41) is 21.5. The van der Waals surface area contributed by atoms with Gasteiger partial charge in [-0.05, 0) is 71.4 Å². The zero-order valence-electron chi connectivity index (χ0n) is 14.9. The monoisotopic (exact) mass is 377 g/mol. The van der Waals surface area contributed by atoms with E-state index in [4.69, 9.17) is 0 Å². The summed E-state index contributed by atoms with van der Waals surface area (Å²) in [6.07, 6.45) is 0. The summed E-state index contributed by atoms with van der Waals surface area (Å²) in [7, 11) is 0. The summed E-state index contributed by atoms with van der Waals surface area (Å²) in [4.78, 5) is 12.2. The number of nitrogens with one attached hydrogen (secondary N) is 2. The lowest BCUT2D eigenvalue weighted by molar-refractivity contribution is 0.102. The van der Waals surface area contributed by atoms with Gasteiger partial charge in [-0.3, -0.25) is 4.79 Å². The minimum absolute atomic E-state index is 0.0247. The third-order valence-electron chi connectivity index (χ3n) is 4.21. The highest BCUT2D eigenvalue weighted by molar-refractivity contribution is 6.04. The maximum Gasteiger partial charge on any atom is 0.255 e. The Labute approximate surface area is 159 Å². The zero-order chi connectivity index (χ0) is 19.5. The molecule has 1 amide bonds. The zero-order valence-corrected chi connectivity index (χ0v) is 14.9. The van der Waals surface area contributed by atoms with E-state index in [0.717, 1.165) is 5.56 Å². The van der Waals surface area contributed by atoms with Gasteiger partial charge in [-0.15, -0.1) is 14.8 Å². The average Bonchev–Trinajstić information content (AvgIpc) is 3.17. The molecular weight excluding hydrogens is 361 g/mol. The van der Waals surface area contributed by atoms with Crippen LogP contribution in [-0.4, -0.2) is 31.2 Å². The van der Waals surface area contributed by atoms with Crippen molar-refractivity contribution in [2.24, 2.45) is 0 Å². The molecule has 2 N–H and O–H groups in total. The predicted octanol–water partition coefficient (Wildman–Crippen LogP) is 3.08. The SMILES string of the molecule is CC(Nc1ccc2nnnn2n1)c1ccc(NC(=O)c2ccc(F)cc2)cc1. The number of halogens is 1. The van der Waals surface area contributed by atoms with Gasteiger partial charge in [0.2, 0.25) is 0 Å². The molecule has 4 rings (SSSR count). The highest BCUT2D eigenvalue weighted by Crippen LogP contribution is 2.20. The van der Waals surface area contributed by atoms with Gasteiger partial charge in [0.15, 0.2) is 5.65 Å². The Kier molecular flexibility index (Phi) is 4.63. The van der Waals surface area contributed by atoms with E-state index in [1.807, 2.05) is 31.2 Å². The molecule has 0 aliphatic heterocycles. The smallest absolute Gasteiger partial charge is 0.255 e. The predicted molar refractivity (Wildman–Crippen MR) is 101 cm³/mol. The molecule has 0 aliphatic rings. The Bertz CT molecular complexity index is 1110. The van der Waals surface area contributed by atoms with Crippen molar-refractivity contribution in [2.75, 3.05) is 10.6 Å². The molecule has 0 radical (unpaired) electrons. The van der Waals surface area contributed by atoms with E-state index in [1.165, 1.54) is 28.9 Å². The molecule has 1 atom stereocenters. The van der Waals surface area contributed by atoms with E-state index in [-0.39, 0.29) is 17.8 Å². The topological polar surface area (TPSA) is 97.1 Å². The van der Waals surface area contributed by atoms with E-state index in [2.05, 4.69) is 31.3 Å². The van der Waals surface area contributed by atoms with Crippen LogP contribution >= 0.6 is 0 Å². The van der Waals surface area contributed by atoms with Crippen molar-refractivity contribution in [3.63, 3.8) is 0 Å². The van der Waals surface area contributed by atoms with E-state index >= 15 is 0 Å². The molecule has 0 fully saturated rings. The second-order valence-corrected chi connectivity index (χ2v) is 6.19. The molecule has 9 heteroatoms. The summed E-state index contributed by atoms with van der Waals surface area (Å²) < 4.78 is 14.3. The maximum atomic E-state index is 13.0. The first-order valence-electron chi connectivity index (χ1n) is 8.57. The lowest BCUT2D eigenvalue weighted by atomic mass is 10.1. The maximum absolute atomic E-state index is 13.0. The summed E-state index contributed by atoms with van der Waals surface area (Å²) in [5.41, 5.74) is 2.63. The van der Waals surface area contributed by atoms with Crippen molar-refractivity contribution in [3.8, 4) is 0 Å². The van der Waals surface area contributed by atoms with Gasteiger partial charge in [0.25, 0.3) is 5.91 Å². The lowest BCUT2D eigenvalue weighted by Gasteiger charge is -2.15. The summed E-state index contributed by atoms with van der Waals surface area (Å²) in [5.74, 6) is -0.0324. The fourth-order valence-electron chi connectivity index (χ4n) is 2.69. The second kappa shape index (κ2) is 7.39. The van der Waals surface area contributed by atoms with E-state index < -0.39 is 0 Å². The van der Waals surface area contributed by atoms with Gasteiger partial charge in [-0.25, -0.2) is 4.39 Å². The second-order valence-electron chi connectivity index (χ2n) is 6.19. The molecule has 2 aromatic carbocycles.